The number of phenols is 1. The number of aliphatic hydroxyl groups is 1. The summed E-state index contributed by atoms with van der Waals surface area (Å²) in [6.07, 6.45) is -2.23. The summed E-state index contributed by atoms with van der Waals surface area (Å²) in [6.45, 7) is 4.48. The molecule has 13 heteroatoms. The monoisotopic (exact) mass is 510 g/mol. The number of rotatable bonds is 14. The van der Waals surface area contributed by atoms with Crippen LogP contribution in [0.3, 0.4) is 0 Å². The zero-order valence-electron chi connectivity index (χ0n) is 20.3. The number of aliphatic hydroxyl groups excluding tert-OH is 1. The fourth-order valence-corrected chi connectivity index (χ4v) is 3.21. The van der Waals surface area contributed by atoms with Gasteiger partial charge in [0.1, 0.15) is 23.9 Å². The topological polar surface area (TPSA) is 228 Å². The van der Waals surface area contributed by atoms with Crippen molar-refractivity contribution in [2.45, 2.75) is 70.3 Å². The fraction of sp³-hybridized carbons (Fsp3) is 0.522. The molecule has 0 saturated carbocycles. The van der Waals surface area contributed by atoms with Crippen molar-refractivity contribution in [2.24, 2.45) is 11.7 Å². The number of nitrogens with two attached hydrogens (primary N) is 1. The average molecular weight is 511 g/mol. The van der Waals surface area contributed by atoms with Crippen molar-refractivity contribution >= 4 is 29.7 Å². The number of aromatic hydroxyl groups is 1. The number of carboxylic acid groups (broad SMARTS) is 2. The van der Waals surface area contributed by atoms with Gasteiger partial charge in [-0.05, 0) is 43.4 Å². The number of hydrogen-bond acceptors (Lipinski definition) is 8. The van der Waals surface area contributed by atoms with Crippen molar-refractivity contribution in [3.05, 3.63) is 29.8 Å². The Hall–Kier alpha value is -3.71. The number of carbonyl (C=O) groups excluding carboxylic acids is 3. The van der Waals surface area contributed by atoms with Gasteiger partial charge in [0.15, 0.2) is 0 Å². The summed E-state index contributed by atoms with van der Waals surface area (Å²) in [7, 11) is 0. The van der Waals surface area contributed by atoms with Crippen LogP contribution in [0.15, 0.2) is 24.3 Å². The van der Waals surface area contributed by atoms with E-state index in [4.69, 9.17) is 10.8 Å². The fourth-order valence-electron chi connectivity index (χ4n) is 3.21. The third-order valence-corrected chi connectivity index (χ3v) is 5.30. The third kappa shape index (κ3) is 9.88. The van der Waals surface area contributed by atoms with E-state index in [0.29, 0.717) is 5.56 Å². The SMILES string of the molecule is CC(C)C(NC(=O)C(N)Cc1ccc(O)cc1)C(=O)NC(C(=O)NC(CCC(=O)O)C(=O)O)C(C)O. The molecule has 5 unspecified atom stereocenters. The number of nitrogens with one attached hydrogen (secondary N) is 3. The largest absolute Gasteiger partial charge is 0.508 e. The van der Waals surface area contributed by atoms with Crippen LogP contribution in [0, 0.1) is 5.92 Å². The van der Waals surface area contributed by atoms with Gasteiger partial charge >= 0.3 is 11.9 Å². The molecular weight excluding hydrogens is 476 g/mol. The Bertz CT molecular complexity index is 934. The van der Waals surface area contributed by atoms with E-state index in [1.165, 1.54) is 19.1 Å². The van der Waals surface area contributed by atoms with E-state index in [1.54, 1.807) is 26.0 Å². The number of benzene rings is 1. The van der Waals surface area contributed by atoms with Gasteiger partial charge in [-0.3, -0.25) is 19.2 Å². The van der Waals surface area contributed by atoms with Gasteiger partial charge in [0, 0.05) is 6.42 Å². The van der Waals surface area contributed by atoms with E-state index in [-0.39, 0.29) is 12.2 Å². The van der Waals surface area contributed by atoms with Gasteiger partial charge in [0.2, 0.25) is 17.7 Å². The number of carboxylic acids is 2. The summed E-state index contributed by atoms with van der Waals surface area (Å²) in [5.41, 5.74) is 6.64. The summed E-state index contributed by atoms with van der Waals surface area (Å²) >= 11 is 0. The van der Waals surface area contributed by atoms with Crippen LogP contribution >= 0.6 is 0 Å². The molecule has 0 heterocycles. The molecule has 3 amide bonds. The first-order valence-corrected chi connectivity index (χ1v) is 11.3. The van der Waals surface area contributed by atoms with Crippen LogP contribution in [0.4, 0.5) is 0 Å². The smallest absolute Gasteiger partial charge is 0.326 e. The average Bonchev–Trinajstić information content (AvgIpc) is 2.78. The lowest BCUT2D eigenvalue weighted by Gasteiger charge is -2.28. The van der Waals surface area contributed by atoms with Crippen LogP contribution in [-0.4, -0.2) is 80.4 Å². The molecule has 1 rings (SSSR count). The molecule has 9 N–H and O–H groups in total. The van der Waals surface area contributed by atoms with Gasteiger partial charge in [-0.25, -0.2) is 4.79 Å². The lowest BCUT2D eigenvalue weighted by molar-refractivity contribution is -0.144. The number of amides is 3. The second-order valence-electron chi connectivity index (χ2n) is 8.77. The molecule has 5 atom stereocenters. The molecule has 0 saturated heterocycles. The Kier molecular flexibility index (Phi) is 11.8. The molecule has 0 fully saturated rings. The predicted octanol–water partition coefficient (Wildman–Crippen LogP) is -1.30. The highest BCUT2D eigenvalue weighted by Gasteiger charge is 2.33. The lowest BCUT2D eigenvalue weighted by atomic mass is 10.0. The Balaban J connectivity index is 2.88. The minimum atomic E-state index is -1.58. The van der Waals surface area contributed by atoms with Gasteiger partial charge in [-0.1, -0.05) is 26.0 Å². The van der Waals surface area contributed by atoms with E-state index >= 15 is 0 Å². The Morgan fingerprint density at radius 3 is 1.86 bits per heavy atom. The Labute approximate surface area is 208 Å². The molecule has 0 aromatic heterocycles. The number of hydrogen-bond donors (Lipinski definition) is 8. The van der Waals surface area contributed by atoms with Gasteiger partial charge in [0.25, 0.3) is 0 Å². The molecule has 0 aliphatic heterocycles. The highest BCUT2D eigenvalue weighted by Crippen LogP contribution is 2.11. The van der Waals surface area contributed by atoms with Crippen LogP contribution in [0.2, 0.25) is 0 Å². The van der Waals surface area contributed by atoms with Crippen LogP contribution in [-0.2, 0) is 30.4 Å². The predicted molar refractivity (Wildman–Crippen MR) is 127 cm³/mol. The van der Waals surface area contributed by atoms with Crippen LogP contribution in [0.1, 0.15) is 39.2 Å². The van der Waals surface area contributed by atoms with Gasteiger partial charge in [-0.15, -0.1) is 0 Å². The molecule has 13 nitrogen and oxygen atoms in total. The van der Waals surface area contributed by atoms with Crippen molar-refractivity contribution in [1.82, 2.24) is 16.0 Å². The molecule has 36 heavy (non-hydrogen) atoms. The number of aliphatic carboxylic acids is 2. The van der Waals surface area contributed by atoms with Crippen LogP contribution in [0.5, 0.6) is 5.75 Å². The van der Waals surface area contributed by atoms with E-state index < -0.39 is 78.7 Å². The second kappa shape index (κ2) is 14.0. The number of carbonyl (C=O) groups is 5. The standard InChI is InChI=1S/C23H34N4O9/c1-11(2)18(26-20(32)15(24)10-13-4-6-14(29)7-5-13)21(33)27-19(12(3)28)22(34)25-16(23(35)36)8-9-17(30)31/h4-7,11-12,15-16,18-19,28-29H,8-10,24H2,1-3H3,(H,25,34)(H,26,32)(H,27,33)(H,30,31)(H,35,36). The summed E-state index contributed by atoms with van der Waals surface area (Å²) in [4.78, 5) is 60.2. The zero-order chi connectivity index (χ0) is 27.6. The van der Waals surface area contributed by atoms with Crippen molar-refractivity contribution < 1.29 is 44.4 Å². The molecular formula is C23H34N4O9. The normalized spacial score (nSPS) is 15.2. The Morgan fingerprint density at radius 1 is 0.861 bits per heavy atom. The second-order valence-corrected chi connectivity index (χ2v) is 8.77. The van der Waals surface area contributed by atoms with Crippen molar-refractivity contribution in [2.75, 3.05) is 0 Å². The maximum absolute atomic E-state index is 12.9. The highest BCUT2D eigenvalue weighted by molar-refractivity contribution is 5.94. The summed E-state index contributed by atoms with van der Waals surface area (Å²) < 4.78 is 0. The molecule has 0 aliphatic carbocycles. The molecule has 200 valence electrons. The van der Waals surface area contributed by atoms with Crippen LogP contribution in [0.25, 0.3) is 0 Å². The maximum atomic E-state index is 12.9. The van der Waals surface area contributed by atoms with Gasteiger partial charge in [-0.2, -0.15) is 0 Å². The molecule has 1 aromatic rings. The third-order valence-electron chi connectivity index (χ3n) is 5.30. The van der Waals surface area contributed by atoms with E-state index in [2.05, 4.69) is 16.0 Å². The first-order chi connectivity index (χ1) is 16.7. The molecule has 0 bridgehead atoms. The molecule has 0 aliphatic rings. The molecule has 0 radical (unpaired) electrons. The zero-order valence-corrected chi connectivity index (χ0v) is 20.3. The van der Waals surface area contributed by atoms with Crippen LogP contribution < -0.4 is 21.7 Å². The lowest BCUT2D eigenvalue weighted by Crippen LogP contribution is -2.60. The Morgan fingerprint density at radius 2 is 1.39 bits per heavy atom. The quantitative estimate of drug-likeness (QED) is 0.147. The highest BCUT2D eigenvalue weighted by atomic mass is 16.4. The van der Waals surface area contributed by atoms with Crippen molar-refractivity contribution in [3.63, 3.8) is 0 Å². The number of phenolic OH excluding ortho intramolecular Hbond substituents is 1. The summed E-state index contributed by atoms with van der Waals surface area (Å²) in [6, 6.07) is 0.802. The van der Waals surface area contributed by atoms with Crippen molar-refractivity contribution in [1.29, 1.82) is 0 Å². The minimum absolute atomic E-state index is 0.0570. The van der Waals surface area contributed by atoms with E-state index in [1.807, 2.05) is 0 Å². The first-order valence-electron chi connectivity index (χ1n) is 11.3. The van der Waals surface area contributed by atoms with Gasteiger partial charge < -0.3 is 42.1 Å². The summed E-state index contributed by atoms with van der Waals surface area (Å²) in [5, 5.41) is 44.3. The first kappa shape index (κ1) is 30.3. The summed E-state index contributed by atoms with van der Waals surface area (Å²) in [5.74, 6) is -5.61. The van der Waals surface area contributed by atoms with E-state index in [0.717, 1.165) is 0 Å². The van der Waals surface area contributed by atoms with Crippen molar-refractivity contribution in [3.8, 4) is 5.75 Å². The van der Waals surface area contributed by atoms with Gasteiger partial charge in [0.05, 0.1) is 12.1 Å². The maximum Gasteiger partial charge on any atom is 0.326 e. The van der Waals surface area contributed by atoms with E-state index in [9.17, 15) is 39.3 Å². The molecule has 1 aromatic carbocycles. The molecule has 0 spiro atoms. The minimum Gasteiger partial charge on any atom is -0.508 e.